The van der Waals surface area contributed by atoms with Gasteiger partial charge in [0.1, 0.15) is 6.54 Å². The molecule has 1 N–H and O–H groups in total. The molecule has 1 atom stereocenters. The van der Waals surface area contributed by atoms with E-state index in [0.29, 0.717) is 16.9 Å². The van der Waals surface area contributed by atoms with Crippen LogP contribution >= 0.6 is 11.8 Å². The number of fused-ring (bicyclic) bond motifs is 1. The lowest BCUT2D eigenvalue weighted by Gasteiger charge is -2.28. The molecule has 0 aliphatic carbocycles. The summed E-state index contributed by atoms with van der Waals surface area (Å²) < 4.78 is 5.19. The van der Waals surface area contributed by atoms with Gasteiger partial charge in [-0.3, -0.25) is 19.3 Å². The molecule has 0 fully saturated rings. The van der Waals surface area contributed by atoms with Crippen molar-refractivity contribution in [3.63, 3.8) is 0 Å². The van der Waals surface area contributed by atoms with Gasteiger partial charge in [0.2, 0.25) is 5.91 Å². The fraction of sp³-hybridized carbons (Fsp3) is 0.200. The Balaban J connectivity index is 1.59. The van der Waals surface area contributed by atoms with Crippen molar-refractivity contribution in [3.05, 3.63) is 54.1 Å². The molecular formula is C20H17N3O4S. The summed E-state index contributed by atoms with van der Waals surface area (Å²) in [6, 6.07) is 15.6. The maximum absolute atomic E-state index is 12.3. The van der Waals surface area contributed by atoms with E-state index in [9.17, 15) is 14.4 Å². The second-order valence-electron chi connectivity index (χ2n) is 6.05. The van der Waals surface area contributed by atoms with Crippen LogP contribution in [-0.2, 0) is 19.1 Å². The molecule has 8 heteroatoms. The number of rotatable bonds is 5. The SMILES string of the molecule is C[C@@H](OC(=O)CN1C(=O)CSc2ccccc21)C(=O)Nc1ccc(C#N)cc1. The smallest absolute Gasteiger partial charge is 0.326 e. The molecular weight excluding hydrogens is 378 g/mol. The normalized spacial score (nSPS) is 13.9. The summed E-state index contributed by atoms with van der Waals surface area (Å²) in [5.41, 5.74) is 1.63. The lowest BCUT2D eigenvalue weighted by molar-refractivity contribution is -0.152. The molecule has 3 rings (SSSR count). The van der Waals surface area contributed by atoms with Gasteiger partial charge in [0, 0.05) is 10.6 Å². The summed E-state index contributed by atoms with van der Waals surface area (Å²) in [4.78, 5) is 39.0. The number of anilines is 2. The highest BCUT2D eigenvalue weighted by Crippen LogP contribution is 2.34. The first kappa shape index (κ1) is 19.5. The van der Waals surface area contributed by atoms with Crippen LogP contribution in [0.5, 0.6) is 0 Å². The zero-order valence-electron chi connectivity index (χ0n) is 15.0. The second-order valence-corrected chi connectivity index (χ2v) is 7.06. The van der Waals surface area contributed by atoms with E-state index >= 15 is 0 Å². The summed E-state index contributed by atoms with van der Waals surface area (Å²) in [5.74, 6) is -1.11. The number of nitrogens with one attached hydrogen (secondary N) is 1. The van der Waals surface area contributed by atoms with Gasteiger partial charge < -0.3 is 10.1 Å². The van der Waals surface area contributed by atoms with Crippen LogP contribution in [0.2, 0.25) is 0 Å². The molecule has 0 saturated heterocycles. The van der Waals surface area contributed by atoms with Crippen molar-refractivity contribution < 1.29 is 19.1 Å². The first-order chi connectivity index (χ1) is 13.5. The Kier molecular flexibility index (Phi) is 5.96. The number of nitrogens with zero attached hydrogens (tertiary/aromatic N) is 2. The number of amides is 2. The molecule has 1 aliphatic rings. The summed E-state index contributed by atoms with van der Waals surface area (Å²) in [7, 11) is 0. The van der Waals surface area contributed by atoms with E-state index in [4.69, 9.17) is 10.00 Å². The Hall–Kier alpha value is -3.31. The number of ether oxygens (including phenoxy) is 1. The Morgan fingerprint density at radius 2 is 1.96 bits per heavy atom. The molecule has 0 unspecified atom stereocenters. The average molecular weight is 395 g/mol. The third-order valence-corrected chi connectivity index (χ3v) is 5.10. The number of thioether (sulfide) groups is 1. The highest BCUT2D eigenvalue weighted by molar-refractivity contribution is 8.00. The van der Waals surface area contributed by atoms with Crippen LogP contribution in [-0.4, -0.2) is 36.2 Å². The lowest BCUT2D eigenvalue weighted by Crippen LogP contribution is -2.41. The Morgan fingerprint density at radius 1 is 1.25 bits per heavy atom. The number of esters is 1. The van der Waals surface area contributed by atoms with Gasteiger partial charge in [0.05, 0.1) is 23.1 Å². The highest BCUT2D eigenvalue weighted by atomic mass is 32.2. The number of hydrogen-bond donors (Lipinski definition) is 1. The molecule has 1 aliphatic heterocycles. The molecule has 142 valence electrons. The van der Waals surface area contributed by atoms with E-state index in [-0.39, 0.29) is 18.2 Å². The first-order valence-corrected chi connectivity index (χ1v) is 9.49. The summed E-state index contributed by atoms with van der Waals surface area (Å²) in [6.45, 7) is 1.20. The van der Waals surface area contributed by atoms with Crippen LogP contribution in [0, 0.1) is 11.3 Å². The van der Waals surface area contributed by atoms with Crippen molar-refractivity contribution in [2.45, 2.75) is 17.9 Å². The number of benzene rings is 2. The van der Waals surface area contributed by atoms with Gasteiger partial charge in [-0.05, 0) is 43.3 Å². The maximum atomic E-state index is 12.3. The van der Waals surface area contributed by atoms with Crippen LogP contribution in [0.15, 0.2) is 53.4 Å². The van der Waals surface area contributed by atoms with Gasteiger partial charge in [-0.25, -0.2) is 0 Å². The minimum absolute atomic E-state index is 0.185. The predicted octanol–water partition coefficient (Wildman–Crippen LogP) is 2.57. The van der Waals surface area contributed by atoms with Crippen molar-refractivity contribution in [2.24, 2.45) is 0 Å². The maximum Gasteiger partial charge on any atom is 0.326 e. The molecule has 28 heavy (non-hydrogen) atoms. The minimum Gasteiger partial charge on any atom is -0.451 e. The van der Waals surface area contributed by atoms with Crippen molar-refractivity contribution in [2.75, 3.05) is 22.5 Å². The van der Waals surface area contributed by atoms with Crippen LogP contribution < -0.4 is 10.2 Å². The monoisotopic (exact) mass is 395 g/mol. The van der Waals surface area contributed by atoms with Gasteiger partial charge in [0.15, 0.2) is 6.10 Å². The Bertz CT molecular complexity index is 953. The number of carbonyl (C=O) groups is 3. The zero-order chi connectivity index (χ0) is 20.1. The van der Waals surface area contributed by atoms with Crippen LogP contribution in [0.25, 0.3) is 0 Å². The van der Waals surface area contributed by atoms with E-state index in [2.05, 4.69) is 5.32 Å². The van der Waals surface area contributed by atoms with Crippen molar-refractivity contribution in [3.8, 4) is 6.07 Å². The summed E-state index contributed by atoms with van der Waals surface area (Å²) >= 11 is 1.42. The summed E-state index contributed by atoms with van der Waals surface area (Å²) in [5, 5.41) is 11.4. The van der Waals surface area contributed by atoms with Crippen LogP contribution in [0.1, 0.15) is 12.5 Å². The van der Waals surface area contributed by atoms with Gasteiger partial charge in [0.25, 0.3) is 5.91 Å². The molecule has 1 heterocycles. The van der Waals surface area contributed by atoms with Gasteiger partial charge in [-0.15, -0.1) is 11.8 Å². The molecule has 0 saturated carbocycles. The van der Waals surface area contributed by atoms with Crippen LogP contribution in [0.4, 0.5) is 11.4 Å². The molecule has 0 bridgehead atoms. The number of hydrogen-bond acceptors (Lipinski definition) is 6. The summed E-state index contributed by atoms with van der Waals surface area (Å²) in [6.07, 6.45) is -1.03. The quantitative estimate of drug-likeness (QED) is 0.781. The van der Waals surface area contributed by atoms with E-state index < -0.39 is 18.0 Å². The Morgan fingerprint density at radius 3 is 2.68 bits per heavy atom. The Labute approximate surface area is 166 Å². The van der Waals surface area contributed by atoms with E-state index in [1.54, 1.807) is 36.4 Å². The fourth-order valence-electron chi connectivity index (χ4n) is 2.62. The molecule has 0 spiro atoms. The third-order valence-electron chi connectivity index (χ3n) is 4.05. The molecule has 0 radical (unpaired) electrons. The van der Waals surface area contributed by atoms with Crippen molar-refractivity contribution in [1.82, 2.24) is 0 Å². The van der Waals surface area contributed by atoms with E-state index in [1.165, 1.54) is 23.6 Å². The molecule has 2 aromatic carbocycles. The third kappa shape index (κ3) is 4.50. The molecule has 0 aromatic heterocycles. The molecule has 7 nitrogen and oxygen atoms in total. The predicted molar refractivity (Wildman–Crippen MR) is 105 cm³/mol. The standard InChI is InChI=1S/C20H17N3O4S/c1-13(20(26)22-15-8-6-14(10-21)7-9-15)27-19(25)11-23-16-4-2-3-5-17(16)28-12-18(23)24/h2-9,13H,11-12H2,1H3,(H,22,26)/t13-/m1/s1. The highest BCUT2D eigenvalue weighted by Gasteiger charge is 2.28. The van der Waals surface area contributed by atoms with E-state index in [1.807, 2.05) is 18.2 Å². The lowest BCUT2D eigenvalue weighted by atomic mass is 10.2. The van der Waals surface area contributed by atoms with Crippen molar-refractivity contribution in [1.29, 1.82) is 5.26 Å². The zero-order valence-corrected chi connectivity index (χ0v) is 15.9. The minimum atomic E-state index is -1.03. The number of carbonyl (C=O) groups excluding carboxylic acids is 3. The molecule has 2 amide bonds. The van der Waals surface area contributed by atoms with Crippen molar-refractivity contribution >= 4 is 40.9 Å². The first-order valence-electron chi connectivity index (χ1n) is 8.50. The average Bonchev–Trinajstić information content (AvgIpc) is 2.70. The number of nitriles is 1. The van der Waals surface area contributed by atoms with Crippen LogP contribution in [0.3, 0.4) is 0 Å². The van der Waals surface area contributed by atoms with Gasteiger partial charge in [-0.1, -0.05) is 12.1 Å². The second kappa shape index (κ2) is 8.59. The topological polar surface area (TPSA) is 99.5 Å². The van der Waals surface area contributed by atoms with Gasteiger partial charge >= 0.3 is 5.97 Å². The van der Waals surface area contributed by atoms with Gasteiger partial charge in [-0.2, -0.15) is 5.26 Å². The van der Waals surface area contributed by atoms with E-state index in [0.717, 1.165) is 4.90 Å². The molecule has 2 aromatic rings. The number of para-hydroxylation sites is 1. The fourth-order valence-corrected chi connectivity index (χ4v) is 3.55. The largest absolute Gasteiger partial charge is 0.451 e.